The van der Waals surface area contributed by atoms with Gasteiger partial charge in [-0.05, 0) is 62.9 Å². The summed E-state index contributed by atoms with van der Waals surface area (Å²) in [5, 5.41) is 6.91. The van der Waals surface area contributed by atoms with E-state index in [1.165, 1.54) is 27.8 Å². The highest BCUT2D eigenvalue weighted by Gasteiger charge is 2.11. The van der Waals surface area contributed by atoms with E-state index < -0.39 is 0 Å². The predicted octanol–water partition coefficient (Wildman–Crippen LogP) is 5.25. The van der Waals surface area contributed by atoms with Crippen LogP contribution in [0.15, 0.2) is 51.9 Å². The molecule has 4 heteroatoms. The first-order chi connectivity index (χ1) is 12.5. The fourth-order valence-electron chi connectivity index (χ4n) is 2.85. The molecule has 0 atom stereocenters. The standard InChI is InChI=1S/C22H25N3S/c1-6-23-22-25(24-13-19-9-7-15(2)8-10-19)21(14-26-22)20-12-17(4)16(3)11-18(20)5/h7-14H,6H2,1-5H3. The third-order valence-corrected chi connectivity index (χ3v) is 5.35. The summed E-state index contributed by atoms with van der Waals surface area (Å²) in [5.41, 5.74) is 8.50. The van der Waals surface area contributed by atoms with Gasteiger partial charge in [-0.15, -0.1) is 11.3 Å². The van der Waals surface area contributed by atoms with E-state index in [2.05, 4.69) is 81.4 Å². The molecule has 0 amide bonds. The van der Waals surface area contributed by atoms with E-state index >= 15 is 0 Å². The van der Waals surface area contributed by atoms with Gasteiger partial charge in [-0.3, -0.25) is 4.99 Å². The van der Waals surface area contributed by atoms with Crippen LogP contribution >= 0.6 is 11.3 Å². The van der Waals surface area contributed by atoms with Crippen LogP contribution in [-0.4, -0.2) is 17.4 Å². The van der Waals surface area contributed by atoms with Crippen LogP contribution in [0.25, 0.3) is 11.3 Å². The second kappa shape index (κ2) is 7.83. The Balaban J connectivity index is 2.12. The van der Waals surface area contributed by atoms with Gasteiger partial charge in [0.2, 0.25) is 4.80 Å². The van der Waals surface area contributed by atoms with Gasteiger partial charge in [-0.25, -0.2) is 4.68 Å². The second-order valence-electron chi connectivity index (χ2n) is 6.60. The number of aromatic nitrogens is 1. The minimum Gasteiger partial charge on any atom is -0.258 e. The van der Waals surface area contributed by atoms with E-state index in [1.807, 2.05) is 10.9 Å². The van der Waals surface area contributed by atoms with E-state index in [9.17, 15) is 0 Å². The van der Waals surface area contributed by atoms with Crippen LogP contribution in [0.5, 0.6) is 0 Å². The number of hydrogen-bond donors (Lipinski definition) is 0. The summed E-state index contributed by atoms with van der Waals surface area (Å²) in [4.78, 5) is 5.54. The molecule has 0 saturated heterocycles. The van der Waals surface area contributed by atoms with Gasteiger partial charge in [-0.2, -0.15) is 5.10 Å². The highest BCUT2D eigenvalue weighted by Crippen LogP contribution is 2.27. The number of rotatable bonds is 4. The lowest BCUT2D eigenvalue weighted by molar-refractivity contribution is 0.832. The summed E-state index contributed by atoms with van der Waals surface area (Å²) < 4.78 is 1.96. The monoisotopic (exact) mass is 363 g/mol. The van der Waals surface area contributed by atoms with Crippen LogP contribution in [0.3, 0.4) is 0 Å². The normalized spacial score (nSPS) is 12.3. The number of thiazole rings is 1. The fraction of sp³-hybridized carbons (Fsp3) is 0.273. The van der Waals surface area contributed by atoms with E-state index in [-0.39, 0.29) is 0 Å². The van der Waals surface area contributed by atoms with Gasteiger partial charge in [0.05, 0.1) is 11.9 Å². The lowest BCUT2D eigenvalue weighted by Gasteiger charge is -2.10. The van der Waals surface area contributed by atoms with Crippen molar-refractivity contribution in [1.29, 1.82) is 0 Å². The molecule has 134 valence electrons. The molecule has 26 heavy (non-hydrogen) atoms. The van der Waals surface area contributed by atoms with Crippen molar-refractivity contribution in [2.45, 2.75) is 34.6 Å². The van der Waals surface area contributed by atoms with Crippen LogP contribution in [-0.2, 0) is 0 Å². The van der Waals surface area contributed by atoms with Gasteiger partial charge >= 0.3 is 0 Å². The average Bonchev–Trinajstić information content (AvgIpc) is 3.00. The molecule has 0 spiro atoms. The Kier molecular flexibility index (Phi) is 5.52. The largest absolute Gasteiger partial charge is 0.258 e. The number of nitrogens with zero attached hydrogens (tertiary/aromatic N) is 3. The molecule has 3 nitrogen and oxygen atoms in total. The van der Waals surface area contributed by atoms with Crippen LogP contribution < -0.4 is 4.80 Å². The summed E-state index contributed by atoms with van der Waals surface area (Å²) in [6.07, 6.45) is 1.90. The van der Waals surface area contributed by atoms with E-state index in [0.717, 1.165) is 22.6 Å². The van der Waals surface area contributed by atoms with Gasteiger partial charge in [0, 0.05) is 17.5 Å². The molecular weight excluding hydrogens is 338 g/mol. The topological polar surface area (TPSA) is 29.6 Å². The first-order valence-corrected chi connectivity index (χ1v) is 9.78. The van der Waals surface area contributed by atoms with Crippen LogP contribution in [0.2, 0.25) is 0 Å². The third kappa shape index (κ3) is 3.86. The molecular formula is C22H25N3S. The summed E-state index contributed by atoms with van der Waals surface area (Å²) in [7, 11) is 0. The Bertz CT molecular complexity index is 1000. The minimum atomic E-state index is 0.742. The summed E-state index contributed by atoms with van der Waals surface area (Å²) >= 11 is 1.63. The quantitative estimate of drug-likeness (QED) is 0.567. The maximum absolute atomic E-state index is 4.76. The minimum absolute atomic E-state index is 0.742. The maximum atomic E-state index is 4.76. The van der Waals surface area contributed by atoms with Crippen LogP contribution in [0, 0.1) is 27.7 Å². The summed E-state index contributed by atoms with van der Waals surface area (Å²) in [5.74, 6) is 0. The SMILES string of the molecule is CCN=c1scc(-c2cc(C)c(C)cc2C)n1N=Cc1ccc(C)cc1. The van der Waals surface area contributed by atoms with Crippen molar-refractivity contribution in [3.63, 3.8) is 0 Å². The van der Waals surface area contributed by atoms with Crippen molar-refractivity contribution in [1.82, 2.24) is 4.68 Å². The molecule has 3 rings (SSSR count). The molecule has 0 aliphatic carbocycles. The number of aryl methyl sites for hydroxylation is 4. The Morgan fingerprint density at radius 2 is 1.65 bits per heavy atom. The molecule has 1 aromatic heterocycles. The molecule has 0 fully saturated rings. The average molecular weight is 364 g/mol. The third-order valence-electron chi connectivity index (χ3n) is 4.50. The molecule has 0 aliphatic rings. The van der Waals surface area contributed by atoms with E-state index in [4.69, 9.17) is 5.10 Å². The summed E-state index contributed by atoms with van der Waals surface area (Å²) in [6.45, 7) is 11.3. The first-order valence-electron chi connectivity index (χ1n) is 8.90. The molecule has 0 radical (unpaired) electrons. The van der Waals surface area contributed by atoms with Gasteiger partial charge in [-0.1, -0.05) is 35.9 Å². The molecule has 0 aliphatic heterocycles. The molecule has 0 N–H and O–H groups in total. The predicted molar refractivity (Wildman–Crippen MR) is 112 cm³/mol. The molecule has 0 unspecified atom stereocenters. The van der Waals surface area contributed by atoms with Crippen molar-refractivity contribution in [2.24, 2.45) is 10.1 Å². The Labute approximate surface area is 159 Å². The molecule has 2 aromatic carbocycles. The van der Waals surface area contributed by atoms with E-state index in [0.29, 0.717) is 0 Å². The molecule has 3 aromatic rings. The molecule has 1 heterocycles. The van der Waals surface area contributed by atoms with Crippen molar-refractivity contribution in [3.8, 4) is 11.3 Å². The Morgan fingerprint density at radius 1 is 0.962 bits per heavy atom. The van der Waals surface area contributed by atoms with E-state index in [1.54, 1.807) is 11.3 Å². The van der Waals surface area contributed by atoms with Crippen molar-refractivity contribution in [2.75, 3.05) is 6.54 Å². The lowest BCUT2D eigenvalue weighted by Crippen LogP contribution is -2.12. The number of benzene rings is 2. The highest BCUT2D eigenvalue weighted by atomic mass is 32.1. The summed E-state index contributed by atoms with van der Waals surface area (Å²) in [6, 6.07) is 12.9. The van der Waals surface area contributed by atoms with Crippen molar-refractivity contribution >= 4 is 17.6 Å². The van der Waals surface area contributed by atoms with Gasteiger partial charge < -0.3 is 0 Å². The number of hydrogen-bond acceptors (Lipinski definition) is 3. The van der Waals surface area contributed by atoms with Crippen molar-refractivity contribution in [3.05, 3.63) is 74.4 Å². The van der Waals surface area contributed by atoms with Crippen LogP contribution in [0.4, 0.5) is 0 Å². The fourth-order valence-corrected chi connectivity index (χ4v) is 3.75. The zero-order chi connectivity index (χ0) is 18.7. The maximum Gasteiger partial charge on any atom is 0.206 e. The zero-order valence-electron chi connectivity index (χ0n) is 16.1. The lowest BCUT2D eigenvalue weighted by atomic mass is 9.99. The van der Waals surface area contributed by atoms with Gasteiger partial charge in [0.1, 0.15) is 0 Å². The Morgan fingerprint density at radius 3 is 2.35 bits per heavy atom. The molecule has 0 bridgehead atoms. The van der Waals surface area contributed by atoms with Crippen LogP contribution in [0.1, 0.15) is 34.7 Å². The second-order valence-corrected chi connectivity index (χ2v) is 7.43. The smallest absolute Gasteiger partial charge is 0.206 e. The van der Waals surface area contributed by atoms with Crippen molar-refractivity contribution < 1.29 is 0 Å². The molecule has 0 saturated carbocycles. The van der Waals surface area contributed by atoms with Gasteiger partial charge in [0.25, 0.3) is 0 Å². The first kappa shape index (κ1) is 18.3. The zero-order valence-corrected chi connectivity index (χ0v) is 16.9. The highest BCUT2D eigenvalue weighted by molar-refractivity contribution is 7.07. The van der Waals surface area contributed by atoms with Gasteiger partial charge in [0.15, 0.2) is 0 Å². The Hall–Kier alpha value is -2.46.